The molecule has 1 amide bonds. The number of carbonyl (C=O) groups excluding carboxylic acids is 1. The average Bonchev–Trinajstić information content (AvgIpc) is 2.27. The zero-order chi connectivity index (χ0) is 14.5. The molecule has 1 aromatic rings. The minimum atomic E-state index is -4.01. The topological polar surface area (TPSA) is 84.5 Å². The van der Waals surface area contributed by atoms with E-state index in [4.69, 9.17) is 11.6 Å². The molecule has 0 atom stereocenters. The van der Waals surface area contributed by atoms with Crippen LogP contribution in [0.3, 0.4) is 0 Å². The molecule has 19 heavy (non-hydrogen) atoms. The van der Waals surface area contributed by atoms with Gasteiger partial charge in [0.15, 0.2) is 0 Å². The first-order chi connectivity index (χ1) is 8.82. The summed E-state index contributed by atoms with van der Waals surface area (Å²) in [7, 11) is -4.01. The smallest absolute Gasteiger partial charge is 0.422 e. The van der Waals surface area contributed by atoms with Crippen LogP contribution in [-0.4, -0.2) is 20.6 Å². The van der Waals surface area contributed by atoms with Crippen LogP contribution in [0.4, 0.5) is 10.5 Å². The van der Waals surface area contributed by atoms with E-state index in [9.17, 15) is 13.2 Å². The largest absolute Gasteiger partial charge is 0.446 e. The molecule has 1 rings (SSSR count). The van der Waals surface area contributed by atoms with Gasteiger partial charge in [0.1, 0.15) is 0 Å². The highest BCUT2D eigenvalue weighted by molar-refractivity contribution is 7.91. The number of ether oxygens (including phenoxy) is 1. The van der Waals surface area contributed by atoms with Crippen molar-refractivity contribution in [2.45, 2.75) is 25.8 Å². The lowest BCUT2D eigenvalue weighted by Crippen LogP contribution is -2.36. The Morgan fingerprint density at radius 1 is 1.32 bits per heavy atom. The molecule has 0 fully saturated rings. The van der Waals surface area contributed by atoms with Crippen molar-refractivity contribution in [1.29, 1.82) is 0 Å². The first-order valence-corrected chi connectivity index (χ1v) is 7.50. The number of carbonyl (C=O) groups is 1. The van der Waals surface area contributed by atoms with Gasteiger partial charge < -0.3 is 4.74 Å². The van der Waals surface area contributed by atoms with Gasteiger partial charge in [-0.05, 0) is 31.5 Å². The second-order valence-corrected chi connectivity index (χ2v) is 5.67. The zero-order valence-electron chi connectivity index (χ0n) is 10.5. The van der Waals surface area contributed by atoms with Gasteiger partial charge in [0, 0.05) is 5.88 Å². The van der Waals surface area contributed by atoms with E-state index in [1.165, 1.54) is 0 Å². The monoisotopic (exact) mass is 306 g/mol. The Labute approximate surface area is 117 Å². The summed E-state index contributed by atoms with van der Waals surface area (Å²) in [5.41, 5.74) is 1.18. The van der Waals surface area contributed by atoms with Gasteiger partial charge in [-0.2, -0.15) is 8.42 Å². The summed E-state index contributed by atoms with van der Waals surface area (Å²) in [5, 5.41) is 0. The number of alkyl halides is 1. The quantitative estimate of drug-likeness (QED) is 0.817. The molecule has 0 aliphatic rings. The van der Waals surface area contributed by atoms with E-state index in [0.717, 1.165) is 5.56 Å². The molecule has 0 aromatic heterocycles. The van der Waals surface area contributed by atoms with Gasteiger partial charge in [-0.25, -0.2) is 9.52 Å². The molecule has 8 heteroatoms. The third-order valence-corrected chi connectivity index (χ3v) is 3.17. The van der Waals surface area contributed by atoms with Crippen molar-refractivity contribution in [3.8, 4) is 0 Å². The lowest BCUT2D eigenvalue weighted by Gasteiger charge is -2.11. The number of nitrogens with one attached hydrogen (secondary N) is 2. The number of rotatable bonds is 5. The van der Waals surface area contributed by atoms with Gasteiger partial charge in [0.05, 0.1) is 11.8 Å². The minimum absolute atomic E-state index is 0.318. The highest BCUT2D eigenvalue weighted by Gasteiger charge is 2.16. The van der Waals surface area contributed by atoms with Crippen LogP contribution in [-0.2, 0) is 20.8 Å². The average molecular weight is 307 g/mol. The van der Waals surface area contributed by atoms with E-state index in [-0.39, 0.29) is 0 Å². The Morgan fingerprint density at radius 2 is 1.89 bits per heavy atom. The van der Waals surface area contributed by atoms with Crippen LogP contribution in [0.1, 0.15) is 19.4 Å². The van der Waals surface area contributed by atoms with Crippen LogP contribution in [0, 0.1) is 0 Å². The molecular formula is C11H15ClN2O4S. The third-order valence-electron chi connectivity index (χ3n) is 1.92. The molecule has 0 unspecified atom stereocenters. The maximum Gasteiger partial charge on any atom is 0.422 e. The van der Waals surface area contributed by atoms with Gasteiger partial charge in [-0.3, -0.25) is 4.72 Å². The van der Waals surface area contributed by atoms with Gasteiger partial charge in [-0.1, -0.05) is 12.1 Å². The molecule has 0 radical (unpaired) electrons. The summed E-state index contributed by atoms with van der Waals surface area (Å²) >= 11 is 5.62. The normalized spacial score (nSPS) is 11.2. The molecule has 0 saturated heterocycles. The van der Waals surface area contributed by atoms with Crippen molar-refractivity contribution < 1.29 is 17.9 Å². The van der Waals surface area contributed by atoms with E-state index >= 15 is 0 Å². The molecule has 0 aliphatic carbocycles. The number of hydrogen-bond acceptors (Lipinski definition) is 4. The maximum atomic E-state index is 11.6. The summed E-state index contributed by atoms with van der Waals surface area (Å²) in [4.78, 5) is 11.2. The van der Waals surface area contributed by atoms with Crippen LogP contribution in [0.5, 0.6) is 0 Å². The molecule has 1 aromatic carbocycles. The minimum Gasteiger partial charge on any atom is -0.446 e. The highest BCUT2D eigenvalue weighted by atomic mass is 35.5. The molecule has 0 aliphatic heterocycles. The number of benzene rings is 1. The number of halogens is 1. The third kappa shape index (κ3) is 5.80. The summed E-state index contributed by atoms with van der Waals surface area (Å²) in [6, 6.07) is 6.45. The lowest BCUT2D eigenvalue weighted by molar-refractivity contribution is 0.121. The van der Waals surface area contributed by atoms with E-state index in [1.807, 2.05) is 0 Å². The van der Waals surface area contributed by atoms with Crippen LogP contribution < -0.4 is 9.44 Å². The first kappa shape index (κ1) is 15.6. The standard InChI is InChI=1S/C11H15ClN2O4S/c1-8(2)18-11(15)14-19(16,17)13-10-5-3-9(7-12)4-6-10/h3-6,8,13H,7H2,1-2H3,(H,14,15). The zero-order valence-corrected chi connectivity index (χ0v) is 12.1. The SMILES string of the molecule is CC(C)OC(=O)NS(=O)(=O)Nc1ccc(CCl)cc1. The van der Waals surface area contributed by atoms with E-state index < -0.39 is 22.4 Å². The van der Waals surface area contributed by atoms with Gasteiger partial charge in [-0.15, -0.1) is 11.6 Å². The number of anilines is 1. The van der Waals surface area contributed by atoms with Crippen molar-refractivity contribution in [1.82, 2.24) is 4.72 Å². The predicted octanol–water partition coefficient (Wildman–Crippen LogP) is 2.22. The Kier molecular flexibility index (Phi) is 5.44. The number of hydrogen-bond donors (Lipinski definition) is 2. The lowest BCUT2D eigenvalue weighted by atomic mass is 10.2. The predicted molar refractivity (Wildman–Crippen MR) is 73.3 cm³/mol. The van der Waals surface area contributed by atoms with Crippen LogP contribution in [0.15, 0.2) is 24.3 Å². The molecule has 6 nitrogen and oxygen atoms in total. The molecule has 2 N–H and O–H groups in total. The summed E-state index contributed by atoms with van der Waals surface area (Å²) in [5.74, 6) is 0.339. The molecule has 0 heterocycles. The first-order valence-electron chi connectivity index (χ1n) is 5.48. The molecule has 106 valence electrons. The Morgan fingerprint density at radius 3 is 2.37 bits per heavy atom. The second kappa shape index (κ2) is 6.63. The maximum absolute atomic E-state index is 11.6. The van der Waals surface area contributed by atoms with Crippen molar-refractivity contribution in [3.63, 3.8) is 0 Å². The molecule has 0 spiro atoms. The molecule has 0 saturated carbocycles. The van der Waals surface area contributed by atoms with Crippen molar-refractivity contribution >= 4 is 33.6 Å². The van der Waals surface area contributed by atoms with Gasteiger partial charge >= 0.3 is 16.3 Å². The molecular weight excluding hydrogens is 292 g/mol. The Hall–Kier alpha value is -1.47. The highest BCUT2D eigenvalue weighted by Crippen LogP contribution is 2.12. The van der Waals surface area contributed by atoms with E-state index in [1.54, 1.807) is 42.8 Å². The van der Waals surface area contributed by atoms with E-state index in [0.29, 0.717) is 11.6 Å². The fraction of sp³-hybridized carbons (Fsp3) is 0.364. The summed E-state index contributed by atoms with van der Waals surface area (Å²) in [6.45, 7) is 3.23. The van der Waals surface area contributed by atoms with Crippen LogP contribution in [0.2, 0.25) is 0 Å². The van der Waals surface area contributed by atoms with E-state index in [2.05, 4.69) is 9.46 Å². The fourth-order valence-corrected chi connectivity index (χ4v) is 2.13. The summed E-state index contributed by atoms with van der Waals surface area (Å²) < 4.78 is 31.8. The fourth-order valence-electron chi connectivity index (χ4n) is 1.19. The van der Waals surface area contributed by atoms with Crippen molar-refractivity contribution in [3.05, 3.63) is 29.8 Å². The van der Waals surface area contributed by atoms with Crippen LogP contribution >= 0.6 is 11.6 Å². The Bertz CT molecular complexity index is 528. The van der Waals surface area contributed by atoms with Crippen molar-refractivity contribution in [2.75, 3.05) is 4.72 Å². The summed E-state index contributed by atoms with van der Waals surface area (Å²) in [6.07, 6.45) is -1.43. The second-order valence-electron chi connectivity index (χ2n) is 3.99. The van der Waals surface area contributed by atoms with Gasteiger partial charge in [0.2, 0.25) is 0 Å². The van der Waals surface area contributed by atoms with Crippen LogP contribution in [0.25, 0.3) is 0 Å². The number of amides is 1. The van der Waals surface area contributed by atoms with Crippen molar-refractivity contribution in [2.24, 2.45) is 0 Å². The van der Waals surface area contributed by atoms with Gasteiger partial charge in [0.25, 0.3) is 0 Å². The molecule has 0 bridgehead atoms. The Balaban J connectivity index is 2.65.